The summed E-state index contributed by atoms with van der Waals surface area (Å²) in [5.41, 5.74) is 0.971. The summed E-state index contributed by atoms with van der Waals surface area (Å²) in [6.45, 7) is 4.43. The number of amides is 1. The fourth-order valence-electron chi connectivity index (χ4n) is 4.72. The van der Waals surface area contributed by atoms with E-state index in [0.29, 0.717) is 30.7 Å². The van der Waals surface area contributed by atoms with Gasteiger partial charge in [-0.25, -0.2) is 9.97 Å². The molecule has 2 fully saturated rings. The van der Waals surface area contributed by atoms with Crippen molar-refractivity contribution >= 4 is 17.8 Å². The summed E-state index contributed by atoms with van der Waals surface area (Å²) in [5, 5.41) is 15.3. The van der Waals surface area contributed by atoms with E-state index in [-0.39, 0.29) is 49.8 Å². The molecule has 3 N–H and O–H groups in total. The van der Waals surface area contributed by atoms with E-state index in [9.17, 15) is 9.59 Å². The van der Waals surface area contributed by atoms with Crippen molar-refractivity contribution < 1.29 is 33.6 Å². The molecule has 186 valence electrons. The summed E-state index contributed by atoms with van der Waals surface area (Å²) in [5.74, 6) is 0.693. The smallest absolute Gasteiger partial charge is 0.303 e. The number of nitrogens with one attached hydrogen (secondary N) is 2. The lowest BCUT2D eigenvalue weighted by Gasteiger charge is -2.24. The number of anilines is 1. The van der Waals surface area contributed by atoms with Crippen LogP contribution in [-0.4, -0.2) is 71.2 Å². The van der Waals surface area contributed by atoms with E-state index in [1.54, 1.807) is 20.0 Å². The summed E-state index contributed by atoms with van der Waals surface area (Å²) in [7, 11) is 0. The lowest BCUT2D eigenvalue weighted by molar-refractivity contribution is -0.139. The number of carbonyl (C=O) groups excluding carboxylic acids is 1. The number of carboxylic acids is 1. The van der Waals surface area contributed by atoms with E-state index < -0.39 is 11.4 Å². The second-order valence-electron chi connectivity index (χ2n) is 9.77. The third kappa shape index (κ3) is 5.15. The zero-order chi connectivity index (χ0) is 24.6. The third-order valence-electron chi connectivity index (χ3n) is 6.31. The fraction of sp³-hybridized carbons (Fsp3) is 0.500. The number of hydrogen-bond acceptors (Lipinski definition) is 9. The number of aliphatic carboxylic acids is 1. The number of aromatic nitrogens is 2. The van der Waals surface area contributed by atoms with Crippen molar-refractivity contribution in [1.29, 1.82) is 0 Å². The van der Waals surface area contributed by atoms with Gasteiger partial charge in [0, 0.05) is 18.2 Å². The van der Waals surface area contributed by atoms with E-state index in [1.165, 1.54) is 0 Å². The van der Waals surface area contributed by atoms with Gasteiger partial charge in [0.25, 0.3) is 0 Å². The van der Waals surface area contributed by atoms with Crippen LogP contribution in [0.2, 0.25) is 0 Å². The predicted molar refractivity (Wildman–Crippen MR) is 123 cm³/mol. The van der Waals surface area contributed by atoms with Gasteiger partial charge in [0.1, 0.15) is 12.2 Å². The molecule has 2 saturated heterocycles. The van der Waals surface area contributed by atoms with Gasteiger partial charge in [0.15, 0.2) is 11.5 Å². The Hall–Kier alpha value is -3.44. The summed E-state index contributed by atoms with van der Waals surface area (Å²) >= 11 is 0. The summed E-state index contributed by atoms with van der Waals surface area (Å²) in [6.07, 6.45) is 1.12. The molecule has 3 aliphatic heterocycles. The van der Waals surface area contributed by atoms with Gasteiger partial charge >= 0.3 is 5.97 Å². The molecular formula is C24H28N4O7. The minimum absolute atomic E-state index is 0.0819. The molecule has 1 aromatic carbocycles. The predicted octanol–water partition coefficient (Wildman–Crippen LogP) is 1.83. The van der Waals surface area contributed by atoms with Crippen molar-refractivity contribution in [2.24, 2.45) is 5.41 Å². The van der Waals surface area contributed by atoms with Crippen LogP contribution in [0.4, 0.5) is 5.95 Å². The number of nitrogens with zero attached hydrogens (tertiary/aromatic N) is 2. The van der Waals surface area contributed by atoms with Gasteiger partial charge in [-0.2, -0.15) is 0 Å². The van der Waals surface area contributed by atoms with Gasteiger partial charge in [0.05, 0.1) is 37.4 Å². The monoisotopic (exact) mass is 484 g/mol. The van der Waals surface area contributed by atoms with E-state index in [1.807, 2.05) is 24.3 Å². The van der Waals surface area contributed by atoms with E-state index in [4.69, 9.17) is 24.1 Å². The molecule has 4 unspecified atom stereocenters. The van der Waals surface area contributed by atoms with Gasteiger partial charge in [-0.15, -0.1) is 0 Å². The van der Waals surface area contributed by atoms with E-state index in [2.05, 4.69) is 20.6 Å². The van der Waals surface area contributed by atoms with Crippen molar-refractivity contribution in [1.82, 2.24) is 15.3 Å². The van der Waals surface area contributed by atoms with E-state index in [0.717, 1.165) is 11.3 Å². The minimum atomic E-state index is -0.926. The zero-order valence-corrected chi connectivity index (χ0v) is 19.5. The SMILES string of the molecule is CC(C)(CC(=O)O)CC(=O)NC1COC2C(Nc3nccc(-c4ccc5c(c4)OCO5)n3)COC12. The lowest BCUT2D eigenvalue weighted by atomic mass is 9.85. The molecule has 11 nitrogen and oxygen atoms in total. The summed E-state index contributed by atoms with van der Waals surface area (Å²) < 4.78 is 22.7. The molecule has 4 atom stereocenters. The van der Waals surface area contributed by atoms with Crippen molar-refractivity contribution in [2.45, 2.75) is 51.0 Å². The number of ether oxygens (including phenoxy) is 4. The maximum Gasteiger partial charge on any atom is 0.303 e. The lowest BCUT2D eigenvalue weighted by Crippen LogP contribution is -2.45. The molecule has 3 aliphatic rings. The fourth-order valence-corrected chi connectivity index (χ4v) is 4.72. The minimum Gasteiger partial charge on any atom is -0.481 e. The molecule has 35 heavy (non-hydrogen) atoms. The topological polar surface area (TPSA) is 141 Å². The Balaban J connectivity index is 1.20. The Kier molecular flexibility index (Phi) is 6.20. The zero-order valence-electron chi connectivity index (χ0n) is 19.5. The molecule has 0 aliphatic carbocycles. The van der Waals surface area contributed by atoms with Crippen molar-refractivity contribution in [3.05, 3.63) is 30.5 Å². The van der Waals surface area contributed by atoms with Gasteiger partial charge in [-0.05, 0) is 29.7 Å². The number of carboxylic acid groups (broad SMARTS) is 1. The highest BCUT2D eigenvalue weighted by atomic mass is 16.7. The molecular weight excluding hydrogens is 456 g/mol. The van der Waals surface area contributed by atoms with E-state index >= 15 is 0 Å². The molecule has 5 rings (SSSR count). The third-order valence-corrected chi connectivity index (χ3v) is 6.31. The van der Waals surface area contributed by atoms with Crippen LogP contribution in [0.1, 0.15) is 26.7 Å². The average molecular weight is 485 g/mol. The average Bonchev–Trinajstić information content (AvgIpc) is 3.50. The van der Waals surface area contributed by atoms with Crippen molar-refractivity contribution in [3.63, 3.8) is 0 Å². The summed E-state index contributed by atoms with van der Waals surface area (Å²) in [4.78, 5) is 32.5. The Morgan fingerprint density at radius 1 is 1.06 bits per heavy atom. The molecule has 11 heteroatoms. The maximum absolute atomic E-state index is 12.5. The Morgan fingerprint density at radius 3 is 2.60 bits per heavy atom. The second-order valence-corrected chi connectivity index (χ2v) is 9.77. The largest absolute Gasteiger partial charge is 0.481 e. The molecule has 0 spiro atoms. The second kappa shape index (κ2) is 9.31. The molecule has 0 radical (unpaired) electrons. The highest BCUT2D eigenvalue weighted by Gasteiger charge is 2.48. The normalized spacial score (nSPS) is 24.7. The molecule has 0 saturated carbocycles. The van der Waals surface area contributed by atoms with Crippen molar-refractivity contribution in [2.75, 3.05) is 25.3 Å². The maximum atomic E-state index is 12.5. The quantitative estimate of drug-likeness (QED) is 0.508. The Labute approximate surface area is 202 Å². The standard InChI is InChI=1S/C24H28N4O7/c1-24(2,9-20(30)31)8-19(29)26-15-10-32-22-16(11-33-21(15)22)28-23-25-6-5-14(27-23)13-3-4-17-18(7-13)35-12-34-17/h3-7,15-16,21-22H,8-12H2,1-2H3,(H,26,29)(H,30,31)(H,25,27,28). The molecule has 2 aromatic rings. The Bertz CT molecular complexity index is 1120. The number of rotatable bonds is 8. The van der Waals surface area contributed by atoms with Crippen LogP contribution in [-0.2, 0) is 19.1 Å². The van der Waals surface area contributed by atoms with Crippen LogP contribution < -0.4 is 20.1 Å². The van der Waals surface area contributed by atoms with Crippen molar-refractivity contribution in [3.8, 4) is 22.8 Å². The van der Waals surface area contributed by atoms with Crippen LogP contribution in [0.25, 0.3) is 11.3 Å². The molecule has 4 heterocycles. The van der Waals surface area contributed by atoms with Gasteiger partial charge in [0.2, 0.25) is 18.6 Å². The first-order valence-electron chi connectivity index (χ1n) is 11.5. The van der Waals surface area contributed by atoms with Gasteiger partial charge in [-0.1, -0.05) is 13.8 Å². The first kappa shape index (κ1) is 23.3. The van der Waals surface area contributed by atoms with Crippen LogP contribution in [0.15, 0.2) is 30.5 Å². The number of fused-ring (bicyclic) bond motifs is 2. The first-order chi connectivity index (χ1) is 16.8. The van der Waals surface area contributed by atoms with Crippen LogP contribution in [0, 0.1) is 5.41 Å². The molecule has 0 bridgehead atoms. The first-order valence-corrected chi connectivity index (χ1v) is 11.5. The van der Waals surface area contributed by atoms with Gasteiger partial charge < -0.3 is 34.7 Å². The molecule has 1 amide bonds. The highest BCUT2D eigenvalue weighted by molar-refractivity contribution is 5.78. The number of hydrogen-bond donors (Lipinski definition) is 3. The van der Waals surface area contributed by atoms with Crippen LogP contribution >= 0.6 is 0 Å². The Morgan fingerprint density at radius 2 is 1.80 bits per heavy atom. The number of carbonyl (C=O) groups is 2. The highest BCUT2D eigenvalue weighted by Crippen LogP contribution is 2.36. The number of benzene rings is 1. The molecule has 1 aromatic heterocycles. The summed E-state index contributed by atoms with van der Waals surface area (Å²) in [6, 6.07) is 6.98. The van der Waals surface area contributed by atoms with Gasteiger partial charge in [-0.3, -0.25) is 9.59 Å². The van der Waals surface area contributed by atoms with Crippen LogP contribution in [0.3, 0.4) is 0 Å². The van der Waals surface area contributed by atoms with Crippen LogP contribution in [0.5, 0.6) is 11.5 Å².